The molecule has 2 heterocycles. The molecule has 0 atom stereocenters. The standard InChI is InChI=1S/C22H27N3O3S/c1-26-18-5-4-6-19(17-18)28-16-15-27-14-13-24-9-11-25(12-10-24)22-20-7-2-3-8-21(20)29-23-22/h2-8,17H,9-16H2,1H3. The normalized spacial score (nSPS) is 15.0. The highest BCUT2D eigenvalue weighted by molar-refractivity contribution is 7.13. The third kappa shape index (κ3) is 5.18. The van der Waals surface area contributed by atoms with Crippen LogP contribution in [0.1, 0.15) is 0 Å². The predicted molar refractivity (Wildman–Crippen MR) is 118 cm³/mol. The molecule has 1 aliphatic rings. The number of fused-ring (bicyclic) bond motifs is 1. The van der Waals surface area contributed by atoms with Crippen LogP contribution < -0.4 is 14.4 Å². The average molecular weight is 414 g/mol. The molecule has 0 unspecified atom stereocenters. The Kier molecular flexibility index (Phi) is 6.82. The van der Waals surface area contributed by atoms with Crippen molar-refractivity contribution in [3.8, 4) is 11.5 Å². The first kappa shape index (κ1) is 19.9. The highest BCUT2D eigenvalue weighted by Gasteiger charge is 2.20. The van der Waals surface area contributed by atoms with E-state index in [-0.39, 0.29) is 0 Å². The zero-order valence-corrected chi connectivity index (χ0v) is 17.6. The molecule has 2 aromatic carbocycles. The van der Waals surface area contributed by atoms with Crippen LogP contribution in [0.25, 0.3) is 10.1 Å². The van der Waals surface area contributed by atoms with Gasteiger partial charge in [-0.2, -0.15) is 4.37 Å². The van der Waals surface area contributed by atoms with E-state index in [1.807, 2.05) is 24.3 Å². The maximum absolute atomic E-state index is 5.75. The fraction of sp³-hybridized carbons (Fsp3) is 0.409. The van der Waals surface area contributed by atoms with Crippen molar-refractivity contribution in [1.82, 2.24) is 9.27 Å². The Balaban J connectivity index is 1.13. The number of rotatable bonds is 9. The maximum atomic E-state index is 5.75. The van der Waals surface area contributed by atoms with Crippen molar-refractivity contribution in [3.63, 3.8) is 0 Å². The van der Waals surface area contributed by atoms with E-state index in [9.17, 15) is 0 Å². The van der Waals surface area contributed by atoms with E-state index in [4.69, 9.17) is 14.2 Å². The van der Waals surface area contributed by atoms with Gasteiger partial charge in [-0.3, -0.25) is 4.90 Å². The fourth-order valence-electron chi connectivity index (χ4n) is 3.49. The summed E-state index contributed by atoms with van der Waals surface area (Å²) < 4.78 is 22.6. The second-order valence-corrected chi connectivity index (χ2v) is 7.78. The van der Waals surface area contributed by atoms with Crippen LogP contribution in [-0.2, 0) is 4.74 Å². The van der Waals surface area contributed by atoms with Gasteiger partial charge in [-0.05, 0) is 35.8 Å². The van der Waals surface area contributed by atoms with Crippen LogP contribution in [0.2, 0.25) is 0 Å². The van der Waals surface area contributed by atoms with Crippen LogP contribution >= 0.6 is 11.5 Å². The molecule has 1 saturated heterocycles. The molecule has 1 fully saturated rings. The van der Waals surface area contributed by atoms with Crippen molar-refractivity contribution in [2.45, 2.75) is 0 Å². The number of hydrogen-bond donors (Lipinski definition) is 0. The molecule has 0 aliphatic carbocycles. The molecular weight excluding hydrogens is 386 g/mol. The smallest absolute Gasteiger partial charge is 0.150 e. The number of piperazine rings is 1. The molecule has 7 heteroatoms. The molecule has 1 aromatic heterocycles. The first-order valence-electron chi connectivity index (χ1n) is 10.00. The molecule has 0 amide bonds. The van der Waals surface area contributed by atoms with E-state index >= 15 is 0 Å². The van der Waals surface area contributed by atoms with E-state index in [1.54, 1.807) is 18.6 Å². The summed E-state index contributed by atoms with van der Waals surface area (Å²) in [6, 6.07) is 16.1. The Bertz CT molecular complexity index is 909. The van der Waals surface area contributed by atoms with E-state index in [0.29, 0.717) is 13.2 Å². The summed E-state index contributed by atoms with van der Waals surface area (Å²) >= 11 is 1.59. The highest BCUT2D eigenvalue weighted by Crippen LogP contribution is 2.29. The minimum atomic E-state index is 0.540. The number of nitrogens with zero attached hydrogens (tertiary/aromatic N) is 3. The van der Waals surface area contributed by atoms with E-state index in [1.165, 1.54) is 10.1 Å². The number of ether oxygens (including phenoxy) is 3. The fourth-order valence-corrected chi connectivity index (χ4v) is 4.28. The predicted octanol–water partition coefficient (Wildman–Crippen LogP) is 3.52. The lowest BCUT2D eigenvalue weighted by atomic mass is 10.2. The van der Waals surface area contributed by atoms with Gasteiger partial charge in [-0.1, -0.05) is 18.2 Å². The Morgan fingerprint density at radius 2 is 1.76 bits per heavy atom. The van der Waals surface area contributed by atoms with Crippen molar-refractivity contribution in [3.05, 3.63) is 48.5 Å². The van der Waals surface area contributed by atoms with E-state index in [2.05, 4.69) is 38.4 Å². The second kappa shape index (κ2) is 9.91. The average Bonchev–Trinajstić information content (AvgIpc) is 3.21. The summed E-state index contributed by atoms with van der Waals surface area (Å²) in [5, 5.41) is 1.27. The molecule has 0 saturated carbocycles. The third-order valence-corrected chi connectivity index (χ3v) is 5.94. The molecule has 0 N–H and O–H groups in total. The number of methoxy groups -OCH3 is 1. The number of aromatic nitrogens is 1. The number of benzene rings is 2. The van der Waals surface area contributed by atoms with Gasteiger partial charge in [0.1, 0.15) is 23.9 Å². The summed E-state index contributed by atoms with van der Waals surface area (Å²) in [6.07, 6.45) is 0. The summed E-state index contributed by atoms with van der Waals surface area (Å²) in [6.45, 7) is 6.89. The van der Waals surface area contributed by atoms with Gasteiger partial charge in [0.2, 0.25) is 0 Å². The largest absolute Gasteiger partial charge is 0.497 e. The van der Waals surface area contributed by atoms with Crippen molar-refractivity contribution < 1.29 is 14.2 Å². The molecule has 0 bridgehead atoms. The van der Waals surface area contributed by atoms with Gasteiger partial charge >= 0.3 is 0 Å². The summed E-state index contributed by atoms with van der Waals surface area (Å²) in [4.78, 5) is 4.85. The van der Waals surface area contributed by atoms with E-state index < -0.39 is 0 Å². The van der Waals surface area contributed by atoms with E-state index in [0.717, 1.165) is 56.6 Å². The van der Waals surface area contributed by atoms with Gasteiger partial charge in [-0.25, -0.2) is 0 Å². The quantitative estimate of drug-likeness (QED) is 0.500. The minimum Gasteiger partial charge on any atom is -0.497 e. The van der Waals surface area contributed by atoms with Gasteiger partial charge in [0, 0.05) is 44.2 Å². The van der Waals surface area contributed by atoms with Gasteiger partial charge in [-0.15, -0.1) is 0 Å². The molecule has 29 heavy (non-hydrogen) atoms. The van der Waals surface area contributed by atoms with Crippen LogP contribution in [0, 0.1) is 0 Å². The van der Waals surface area contributed by atoms with Gasteiger partial charge in [0.15, 0.2) is 0 Å². The van der Waals surface area contributed by atoms with Crippen molar-refractivity contribution in [2.24, 2.45) is 0 Å². The Morgan fingerprint density at radius 3 is 2.62 bits per heavy atom. The van der Waals surface area contributed by atoms with Crippen LogP contribution in [0.3, 0.4) is 0 Å². The molecular formula is C22H27N3O3S. The SMILES string of the molecule is COc1cccc(OCCOCCN2CCN(c3nsc4ccccc34)CC2)c1. The van der Waals surface area contributed by atoms with Gasteiger partial charge in [0.05, 0.1) is 25.0 Å². The van der Waals surface area contributed by atoms with Crippen molar-refractivity contribution in [2.75, 3.05) is 64.6 Å². The monoisotopic (exact) mass is 413 g/mol. The van der Waals surface area contributed by atoms with Crippen LogP contribution in [0.15, 0.2) is 48.5 Å². The first-order chi connectivity index (χ1) is 14.3. The molecule has 154 valence electrons. The molecule has 0 spiro atoms. The number of anilines is 1. The van der Waals surface area contributed by atoms with Gasteiger partial charge in [0.25, 0.3) is 0 Å². The summed E-state index contributed by atoms with van der Waals surface area (Å²) in [7, 11) is 1.65. The molecule has 3 aromatic rings. The van der Waals surface area contributed by atoms with Crippen LogP contribution in [-0.4, -0.2) is 68.9 Å². The topological polar surface area (TPSA) is 47.1 Å². The zero-order valence-electron chi connectivity index (χ0n) is 16.8. The lowest BCUT2D eigenvalue weighted by Gasteiger charge is -2.35. The first-order valence-corrected chi connectivity index (χ1v) is 10.8. The molecule has 1 aliphatic heterocycles. The van der Waals surface area contributed by atoms with Gasteiger partial charge < -0.3 is 19.1 Å². The molecule has 4 rings (SSSR count). The zero-order chi connectivity index (χ0) is 19.9. The third-order valence-electron chi connectivity index (χ3n) is 5.12. The molecule has 6 nitrogen and oxygen atoms in total. The highest BCUT2D eigenvalue weighted by atomic mass is 32.1. The molecule has 0 radical (unpaired) electrons. The summed E-state index contributed by atoms with van der Waals surface area (Å²) in [5.41, 5.74) is 0. The maximum Gasteiger partial charge on any atom is 0.150 e. The van der Waals surface area contributed by atoms with Crippen molar-refractivity contribution >= 4 is 27.4 Å². The lowest BCUT2D eigenvalue weighted by Crippen LogP contribution is -2.47. The second-order valence-electron chi connectivity index (χ2n) is 6.97. The summed E-state index contributed by atoms with van der Waals surface area (Å²) in [5.74, 6) is 2.74. The van der Waals surface area contributed by atoms with Crippen molar-refractivity contribution in [1.29, 1.82) is 0 Å². The Morgan fingerprint density at radius 1 is 0.931 bits per heavy atom. The van der Waals surface area contributed by atoms with Crippen LogP contribution in [0.4, 0.5) is 5.82 Å². The lowest BCUT2D eigenvalue weighted by molar-refractivity contribution is 0.0782. The Labute approximate surface area is 175 Å². The Hall–Kier alpha value is -2.35. The number of hydrogen-bond acceptors (Lipinski definition) is 7. The van der Waals surface area contributed by atoms with Crippen LogP contribution in [0.5, 0.6) is 11.5 Å². The minimum absolute atomic E-state index is 0.540.